The molecule has 0 aliphatic heterocycles. The monoisotopic (exact) mass is 338 g/mol. The van der Waals surface area contributed by atoms with Crippen LogP contribution in [0.15, 0.2) is 18.5 Å². The van der Waals surface area contributed by atoms with Gasteiger partial charge in [-0.1, -0.05) is 23.2 Å². The number of halogens is 2. The van der Waals surface area contributed by atoms with Gasteiger partial charge in [-0.15, -0.1) is 0 Å². The Morgan fingerprint density at radius 3 is 2.50 bits per heavy atom. The zero-order valence-electron chi connectivity index (χ0n) is 12.3. The van der Waals surface area contributed by atoms with Crippen molar-refractivity contribution in [2.24, 2.45) is 13.0 Å². The van der Waals surface area contributed by atoms with Gasteiger partial charge in [0.2, 0.25) is 0 Å². The zero-order valence-corrected chi connectivity index (χ0v) is 13.8. The van der Waals surface area contributed by atoms with E-state index in [1.165, 1.54) is 6.33 Å². The van der Waals surface area contributed by atoms with Crippen LogP contribution in [0.5, 0.6) is 0 Å². The number of carbonyl (C=O) groups excluding carboxylic acids is 1. The van der Waals surface area contributed by atoms with Crippen molar-refractivity contribution in [3.63, 3.8) is 0 Å². The molecule has 1 N–H and O–H groups in total. The lowest BCUT2D eigenvalue weighted by Gasteiger charge is -2.18. The molecule has 1 aromatic heterocycles. The fraction of sp³-hybridized carbons (Fsp3) is 0.400. The Bertz CT molecular complexity index is 701. The van der Waals surface area contributed by atoms with E-state index in [-0.39, 0.29) is 11.9 Å². The molecule has 1 unspecified atom stereocenters. The minimum atomic E-state index is -0.205. The molecule has 1 aliphatic rings. The third-order valence-corrected chi connectivity index (χ3v) is 4.73. The first-order chi connectivity index (χ1) is 10.5. The van der Waals surface area contributed by atoms with E-state index in [0.29, 0.717) is 21.5 Å². The first kappa shape index (κ1) is 15.3. The molecule has 2 aromatic rings. The van der Waals surface area contributed by atoms with E-state index >= 15 is 0 Å². The number of benzene rings is 1. The second kappa shape index (κ2) is 5.89. The Balaban J connectivity index is 1.85. The molecular weight excluding hydrogens is 323 g/mol. The Morgan fingerprint density at radius 2 is 2.00 bits per heavy atom. The molecule has 0 radical (unpaired) electrons. The first-order valence-electron chi connectivity index (χ1n) is 7.07. The number of aromatic nitrogens is 3. The van der Waals surface area contributed by atoms with Gasteiger partial charge in [0.15, 0.2) is 0 Å². The average Bonchev–Trinajstić information content (AvgIpc) is 3.23. The molecule has 0 spiro atoms. The zero-order chi connectivity index (χ0) is 15.9. The van der Waals surface area contributed by atoms with Crippen LogP contribution in [-0.2, 0) is 7.05 Å². The summed E-state index contributed by atoms with van der Waals surface area (Å²) in [6.07, 6.45) is 3.65. The van der Waals surface area contributed by atoms with Crippen molar-refractivity contribution in [3.05, 3.63) is 45.5 Å². The first-order valence-corrected chi connectivity index (χ1v) is 7.83. The van der Waals surface area contributed by atoms with Gasteiger partial charge in [0.25, 0.3) is 5.91 Å². The predicted octanol–water partition coefficient (Wildman–Crippen LogP) is 3.31. The van der Waals surface area contributed by atoms with Gasteiger partial charge in [0, 0.05) is 22.7 Å². The van der Waals surface area contributed by atoms with E-state index in [0.717, 1.165) is 24.2 Å². The summed E-state index contributed by atoms with van der Waals surface area (Å²) in [4.78, 5) is 16.8. The lowest BCUT2D eigenvalue weighted by atomic mass is 10.1. The molecule has 0 saturated heterocycles. The molecule has 1 aliphatic carbocycles. The summed E-state index contributed by atoms with van der Waals surface area (Å²) in [5.41, 5.74) is 1.22. The third kappa shape index (κ3) is 2.96. The van der Waals surface area contributed by atoms with Crippen LogP contribution in [-0.4, -0.2) is 20.7 Å². The molecule has 1 saturated carbocycles. The van der Waals surface area contributed by atoms with Gasteiger partial charge in [-0.05, 0) is 43.4 Å². The summed E-state index contributed by atoms with van der Waals surface area (Å²) < 4.78 is 1.69. The second-order valence-electron chi connectivity index (χ2n) is 5.60. The van der Waals surface area contributed by atoms with Gasteiger partial charge in [0.05, 0.1) is 6.04 Å². The minimum absolute atomic E-state index is 0.140. The van der Waals surface area contributed by atoms with Crippen LogP contribution in [0.4, 0.5) is 0 Å². The number of aryl methyl sites for hydroxylation is 1. The number of carbonyl (C=O) groups is 1. The quantitative estimate of drug-likeness (QED) is 0.930. The molecule has 116 valence electrons. The number of amides is 1. The maximum atomic E-state index is 12.5. The van der Waals surface area contributed by atoms with Crippen LogP contribution >= 0.6 is 23.2 Å². The van der Waals surface area contributed by atoms with Crippen LogP contribution in [0.25, 0.3) is 0 Å². The van der Waals surface area contributed by atoms with E-state index in [9.17, 15) is 4.79 Å². The van der Waals surface area contributed by atoms with E-state index in [1.807, 2.05) is 14.0 Å². The molecule has 1 amide bonds. The van der Waals surface area contributed by atoms with E-state index in [2.05, 4.69) is 15.4 Å². The predicted molar refractivity (Wildman–Crippen MR) is 85.1 cm³/mol. The van der Waals surface area contributed by atoms with Crippen LogP contribution in [0.2, 0.25) is 10.0 Å². The lowest BCUT2D eigenvalue weighted by Crippen LogP contribution is -2.31. The topological polar surface area (TPSA) is 59.8 Å². The van der Waals surface area contributed by atoms with Crippen LogP contribution in [0, 0.1) is 12.8 Å². The van der Waals surface area contributed by atoms with Crippen molar-refractivity contribution in [1.29, 1.82) is 0 Å². The van der Waals surface area contributed by atoms with E-state index in [1.54, 1.807) is 16.8 Å². The molecule has 7 heteroatoms. The maximum absolute atomic E-state index is 12.5. The molecule has 1 heterocycles. The SMILES string of the molecule is Cc1c(Cl)cc(C(=O)NC(c2ncnn2C)C2CC2)cc1Cl. The molecule has 1 aromatic carbocycles. The van der Waals surface area contributed by atoms with Gasteiger partial charge < -0.3 is 5.32 Å². The fourth-order valence-electron chi connectivity index (χ4n) is 2.41. The lowest BCUT2D eigenvalue weighted by molar-refractivity contribution is 0.0928. The Labute approximate surface area is 138 Å². The highest BCUT2D eigenvalue weighted by molar-refractivity contribution is 6.36. The molecule has 5 nitrogen and oxygen atoms in total. The summed E-state index contributed by atoms with van der Waals surface area (Å²) in [5, 5.41) is 8.08. The maximum Gasteiger partial charge on any atom is 0.251 e. The molecule has 1 atom stereocenters. The van der Waals surface area contributed by atoms with Gasteiger partial charge in [-0.25, -0.2) is 4.98 Å². The summed E-state index contributed by atoms with van der Waals surface area (Å²) in [6.45, 7) is 1.82. The highest BCUT2D eigenvalue weighted by Gasteiger charge is 2.36. The molecule has 1 fully saturated rings. The average molecular weight is 339 g/mol. The van der Waals surface area contributed by atoms with Gasteiger partial charge in [-0.2, -0.15) is 5.10 Å². The van der Waals surface area contributed by atoms with Gasteiger partial charge in [0.1, 0.15) is 12.2 Å². The van der Waals surface area contributed by atoms with Gasteiger partial charge in [-0.3, -0.25) is 9.48 Å². The van der Waals surface area contributed by atoms with Gasteiger partial charge >= 0.3 is 0 Å². The fourth-order valence-corrected chi connectivity index (χ4v) is 2.90. The van der Waals surface area contributed by atoms with Crippen molar-refractivity contribution < 1.29 is 4.79 Å². The van der Waals surface area contributed by atoms with Crippen LogP contribution < -0.4 is 5.32 Å². The highest BCUT2D eigenvalue weighted by atomic mass is 35.5. The number of rotatable bonds is 4. The molecule has 0 bridgehead atoms. The Morgan fingerprint density at radius 1 is 1.36 bits per heavy atom. The van der Waals surface area contributed by atoms with E-state index < -0.39 is 0 Å². The summed E-state index contributed by atoms with van der Waals surface area (Å²) in [7, 11) is 1.82. The number of hydrogen-bond donors (Lipinski definition) is 1. The smallest absolute Gasteiger partial charge is 0.251 e. The van der Waals surface area contributed by atoms with Crippen molar-refractivity contribution in [3.8, 4) is 0 Å². The number of nitrogens with zero attached hydrogens (tertiary/aromatic N) is 3. The largest absolute Gasteiger partial charge is 0.342 e. The van der Waals surface area contributed by atoms with Crippen molar-refractivity contribution in [2.75, 3.05) is 0 Å². The van der Waals surface area contributed by atoms with Crippen LogP contribution in [0.1, 0.15) is 40.6 Å². The standard InChI is InChI=1S/C15H16Cl2N4O/c1-8-11(16)5-10(6-12(8)17)15(22)20-13(9-3-4-9)14-18-7-19-21(14)2/h5-7,9,13H,3-4H2,1-2H3,(H,20,22). The normalized spacial score (nSPS) is 15.6. The Hall–Kier alpha value is -1.59. The van der Waals surface area contributed by atoms with Crippen molar-refractivity contribution >= 4 is 29.1 Å². The van der Waals surface area contributed by atoms with Crippen LogP contribution in [0.3, 0.4) is 0 Å². The summed E-state index contributed by atoms with van der Waals surface area (Å²) in [5.74, 6) is 0.965. The van der Waals surface area contributed by atoms with E-state index in [4.69, 9.17) is 23.2 Å². The van der Waals surface area contributed by atoms with Crippen molar-refractivity contribution in [2.45, 2.75) is 25.8 Å². The third-order valence-electron chi connectivity index (χ3n) is 3.95. The molecule has 22 heavy (non-hydrogen) atoms. The molecular formula is C15H16Cl2N4O. The Kier molecular flexibility index (Phi) is 4.10. The summed E-state index contributed by atoms with van der Waals surface area (Å²) in [6, 6.07) is 3.14. The summed E-state index contributed by atoms with van der Waals surface area (Å²) >= 11 is 12.2. The minimum Gasteiger partial charge on any atom is -0.342 e. The number of nitrogens with one attached hydrogen (secondary N) is 1. The van der Waals surface area contributed by atoms with Crippen molar-refractivity contribution in [1.82, 2.24) is 20.1 Å². The highest BCUT2D eigenvalue weighted by Crippen LogP contribution is 2.40. The molecule has 3 rings (SSSR count). The number of hydrogen-bond acceptors (Lipinski definition) is 3. The second-order valence-corrected chi connectivity index (χ2v) is 6.41.